The number of hydrogen-bond acceptors (Lipinski definition) is 7. The van der Waals surface area contributed by atoms with Crippen LogP contribution in [0.1, 0.15) is 22.6 Å². The van der Waals surface area contributed by atoms with Gasteiger partial charge < -0.3 is 9.15 Å². The second-order valence-corrected chi connectivity index (χ2v) is 8.95. The van der Waals surface area contributed by atoms with Gasteiger partial charge in [-0.05, 0) is 35.9 Å². The highest BCUT2D eigenvalue weighted by atomic mass is 79.9. The standard InChI is InChI=1S/C26H14BrN5O3/c27-17-9-3-1-7-15(17)19-20-22(16-8-2-4-10-18(16)34-26(20)33)35-25-21(19)24-30-23(31-32(24)13-29-25)14-6-5-11-28-12-14/h1-13,19H. The van der Waals surface area contributed by atoms with Crippen LogP contribution in [-0.2, 0) is 0 Å². The van der Waals surface area contributed by atoms with Gasteiger partial charge in [0.05, 0.1) is 22.4 Å². The van der Waals surface area contributed by atoms with Gasteiger partial charge in [-0.15, -0.1) is 5.10 Å². The number of nitrogens with zero attached hydrogens (tertiary/aromatic N) is 5. The SMILES string of the molecule is O=c1oc2ccccc2c2c1C(c1ccccc1Br)c1c(ncn3nc(-c4cccnc4)nc13)O2. The number of hydrogen-bond donors (Lipinski definition) is 0. The van der Waals surface area contributed by atoms with Crippen LogP contribution in [0.5, 0.6) is 11.6 Å². The molecular weight excluding hydrogens is 510 g/mol. The zero-order valence-corrected chi connectivity index (χ0v) is 19.5. The maximum absolute atomic E-state index is 13.4. The summed E-state index contributed by atoms with van der Waals surface area (Å²) in [6.07, 6.45) is 4.96. The number of halogens is 1. The number of fused-ring (bicyclic) bond motifs is 6. The number of para-hydroxylation sites is 1. The smallest absolute Gasteiger partial charge is 0.344 e. The van der Waals surface area contributed by atoms with E-state index in [0.717, 1.165) is 15.6 Å². The lowest BCUT2D eigenvalue weighted by Crippen LogP contribution is -2.22. The predicted molar refractivity (Wildman–Crippen MR) is 132 cm³/mol. The molecule has 9 heteroatoms. The summed E-state index contributed by atoms with van der Waals surface area (Å²) in [5.74, 6) is 0.753. The first-order valence-corrected chi connectivity index (χ1v) is 11.6. The van der Waals surface area contributed by atoms with E-state index in [9.17, 15) is 4.79 Å². The Hall–Kier alpha value is -4.37. The monoisotopic (exact) mass is 523 g/mol. The van der Waals surface area contributed by atoms with Gasteiger partial charge in [0.1, 0.15) is 11.9 Å². The first kappa shape index (κ1) is 20.0. The molecule has 6 aromatic rings. The number of rotatable bonds is 2. The Morgan fingerprint density at radius 3 is 2.69 bits per heavy atom. The zero-order valence-electron chi connectivity index (χ0n) is 17.9. The van der Waals surface area contributed by atoms with Gasteiger partial charge in [-0.25, -0.2) is 19.3 Å². The third-order valence-electron chi connectivity index (χ3n) is 6.10. The molecule has 1 atom stereocenters. The van der Waals surface area contributed by atoms with Crippen molar-refractivity contribution in [3.05, 3.63) is 111 Å². The van der Waals surface area contributed by atoms with Crippen LogP contribution in [0.2, 0.25) is 0 Å². The van der Waals surface area contributed by atoms with Crippen molar-refractivity contribution < 1.29 is 9.15 Å². The molecule has 0 radical (unpaired) electrons. The second kappa shape index (κ2) is 7.57. The maximum Gasteiger partial charge on any atom is 0.344 e. The molecule has 35 heavy (non-hydrogen) atoms. The first-order chi connectivity index (χ1) is 17.2. The number of aromatic nitrogens is 5. The molecule has 0 saturated heterocycles. The average Bonchev–Trinajstić information content (AvgIpc) is 3.33. The van der Waals surface area contributed by atoms with Crippen molar-refractivity contribution in [2.45, 2.75) is 5.92 Å². The minimum Gasteiger partial charge on any atom is -0.437 e. The van der Waals surface area contributed by atoms with Crippen molar-refractivity contribution in [2.24, 2.45) is 0 Å². The summed E-state index contributed by atoms with van der Waals surface area (Å²) in [6.45, 7) is 0. The number of pyridine rings is 1. The van der Waals surface area contributed by atoms with E-state index >= 15 is 0 Å². The average molecular weight is 524 g/mol. The molecule has 7 rings (SSSR count). The summed E-state index contributed by atoms with van der Waals surface area (Å²) >= 11 is 3.67. The molecule has 0 aliphatic carbocycles. The Bertz CT molecular complexity index is 1830. The first-order valence-electron chi connectivity index (χ1n) is 10.8. The van der Waals surface area contributed by atoms with Gasteiger partial charge in [-0.1, -0.05) is 46.3 Å². The van der Waals surface area contributed by atoms with Gasteiger partial charge in [-0.2, -0.15) is 0 Å². The molecule has 8 nitrogen and oxygen atoms in total. The van der Waals surface area contributed by atoms with E-state index in [0.29, 0.717) is 45.2 Å². The largest absolute Gasteiger partial charge is 0.437 e. The fourth-order valence-electron chi connectivity index (χ4n) is 4.57. The highest BCUT2D eigenvalue weighted by Crippen LogP contribution is 2.50. The quantitative estimate of drug-likeness (QED) is 0.282. The minimum atomic E-state index is -0.549. The normalized spacial score (nSPS) is 14.5. The molecule has 1 aliphatic rings. The summed E-state index contributed by atoms with van der Waals surface area (Å²) < 4.78 is 14.5. The zero-order chi connectivity index (χ0) is 23.5. The third-order valence-corrected chi connectivity index (χ3v) is 6.82. The van der Waals surface area contributed by atoms with Crippen LogP contribution in [0, 0.1) is 0 Å². The fraction of sp³-hybridized carbons (Fsp3) is 0.0385. The van der Waals surface area contributed by atoms with E-state index in [2.05, 4.69) is 31.0 Å². The van der Waals surface area contributed by atoms with Crippen LogP contribution in [0.25, 0.3) is 28.0 Å². The molecular formula is C26H14BrN5O3. The van der Waals surface area contributed by atoms with Crippen molar-refractivity contribution in [2.75, 3.05) is 0 Å². The van der Waals surface area contributed by atoms with Gasteiger partial charge in [0.2, 0.25) is 5.88 Å². The second-order valence-electron chi connectivity index (χ2n) is 8.09. The summed E-state index contributed by atoms with van der Waals surface area (Å²) in [4.78, 5) is 27.0. The third kappa shape index (κ3) is 3.01. The molecule has 168 valence electrons. The van der Waals surface area contributed by atoms with Crippen molar-refractivity contribution in [3.8, 4) is 23.0 Å². The number of benzene rings is 2. The Morgan fingerprint density at radius 2 is 1.83 bits per heavy atom. The van der Waals surface area contributed by atoms with E-state index in [1.807, 2.05) is 54.6 Å². The van der Waals surface area contributed by atoms with E-state index in [-0.39, 0.29) is 0 Å². The van der Waals surface area contributed by atoms with Gasteiger partial charge in [0.25, 0.3) is 0 Å². The molecule has 1 unspecified atom stereocenters. The Kier molecular flexibility index (Phi) is 4.34. The van der Waals surface area contributed by atoms with Crippen LogP contribution in [0.15, 0.2) is 93.1 Å². The Balaban J connectivity index is 1.58. The predicted octanol–water partition coefficient (Wildman–Crippen LogP) is 5.34. The van der Waals surface area contributed by atoms with Crippen LogP contribution in [-0.4, -0.2) is 24.6 Å². The fourth-order valence-corrected chi connectivity index (χ4v) is 5.08. The van der Waals surface area contributed by atoms with Crippen LogP contribution in [0.3, 0.4) is 0 Å². The molecule has 0 spiro atoms. The maximum atomic E-state index is 13.4. The lowest BCUT2D eigenvalue weighted by Gasteiger charge is -2.27. The van der Waals surface area contributed by atoms with Crippen molar-refractivity contribution >= 4 is 32.5 Å². The van der Waals surface area contributed by atoms with Crippen LogP contribution in [0.4, 0.5) is 0 Å². The van der Waals surface area contributed by atoms with Crippen molar-refractivity contribution in [1.82, 2.24) is 24.6 Å². The highest BCUT2D eigenvalue weighted by molar-refractivity contribution is 9.10. The molecule has 5 heterocycles. The summed E-state index contributed by atoms with van der Waals surface area (Å²) in [7, 11) is 0. The Morgan fingerprint density at radius 1 is 0.971 bits per heavy atom. The molecule has 1 aliphatic heterocycles. The van der Waals surface area contributed by atoms with Gasteiger partial charge in [0.15, 0.2) is 17.2 Å². The molecule has 2 aromatic carbocycles. The lowest BCUT2D eigenvalue weighted by molar-refractivity contribution is 0.422. The van der Waals surface area contributed by atoms with E-state index in [4.69, 9.17) is 14.1 Å². The molecule has 0 saturated carbocycles. The molecule has 0 fully saturated rings. The van der Waals surface area contributed by atoms with E-state index < -0.39 is 11.5 Å². The van der Waals surface area contributed by atoms with Gasteiger partial charge >= 0.3 is 5.63 Å². The lowest BCUT2D eigenvalue weighted by atomic mass is 9.84. The van der Waals surface area contributed by atoms with Crippen molar-refractivity contribution in [3.63, 3.8) is 0 Å². The van der Waals surface area contributed by atoms with Gasteiger partial charge in [-0.3, -0.25) is 4.98 Å². The minimum absolute atomic E-state index is 0.367. The van der Waals surface area contributed by atoms with Crippen LogP contribution < -0.4 is 10.4 Å². The highest BCUT2D eigenvalue weighted by Gasteiger charge is 2.38. The van der Waals surface area contributed by atoms with Crippen LogP contribution >= 0.6 is 15.9 Å². The summed E-state index contributed by atoms with van der Waals surface area (Å²) in [5.41, 5.74) is 3.17. The molecule has 0 bridgehead atoms. The summed E-state index contributed by atoms with van der Waals surface area (Å²) in [6, 6.07) is 18.8. The number of ether oxygens (including phenoxy) is 1. The van der Waals surface area contributed by atoms with Crippen molar-refractivity contribution in [1.29, 1.82) is 0 Å². The van der Waals surface area contributed by atoms with E-state index in [1.165, 1.54) is 0 Å². The molecule has 0 N–H and O–H groups in total. The summed E-state index contributed by atoms with van der Waals surface area (Å²) in [5, 5.41) is 5.30. The molecule has 0 amide bonds. The topological polar surface area (TPSA) is 95.4 Å². The van der Waals surface area contributed by atoms with E-state index in [1.54, 1.807) is 29.3 Å². The molecule has 4 aromatic heterocycles. The van der Waals surface area contributed by atoms with Gasteiger partial charge in [0, 0.05) is 22.4 Å². The Labute approximate surface area is 206 Å².